The van der Waals surface area contributed by atoms with Gasteiger partial charge in [0.05, 0.1) is 4.90 Å². The maximum absolute atomic E-state index is 10.8. The molecule has 1 aromatic carbocycles. The van der Waals surface area contributed by atoms with Crippen LogP contribution in [0.4, 0.5) is 0 Å². The van der Waals surface area contributed by atoms with E-state index in [-0.39, 0.29) is 0 Å². The summed E-state index contributed by atoms with van der Waals surface area (Å²) in [5.74, 6) is 0. The normalized spacial score (nSPS) is 13.0. The highest BCUT2D eigenvalue weighted by atomic mass is 35.5. The summed E-state index contributed by atoms with van der Waals surface area (Å²) < 4.78 is 19.7. The zero-order chi connectivity index (χ0) is 9.30. The second kappa shape index (κ2) is 3.56. The number of benzene rings is 1. The van der Waals surface area contributed by atoms with E-state index in [1.807, 2.05) is 0 Å². The molecule has 2 nitrogen and oxygen atoms in total. The van der Waals surface area contributed by atoms with E-state index in [1.54, 1.807) is 26.0 Å². The molecule has 0 aliphatic rings. The molecule has 0 heterocycles. The van der Waals surface area contributed by atoms with Crippen LogP contribution in [0.2, 0.25) is 5.02 Å². The average Bonchev–Trinajstić information content (AvgIpc) is 1.82. The largest absolute Gasteiger partial charge is 0.302 e. The van der Waals surface area contributed by atoms with Gasteiger partial charge < -0.3 is 4.55 Å². The van der Waals surface area contributed by atoms with Gasteiger partial charge in [-0.1, -0.05) is 11.6 Å². The summed E-state index contributed by atoms with van der Waals surface area (Å²) in [4.78, 5) is 0.458. The Morgan fingerprint density at radius 2 is 1.75 bits per heavy atom. The molecule has 0 aliphatic heterocycles. The Kier molecular flexibility index (Phi) is 2.88. The first kappa shape index (κ1) is 9.71. The Bertz CT molecular complexity index is 313. The van der Waals surface area contributed by atoms with Crippen LogP contribution in [0.1, 0.15) is 11.1 Å². The van der Waals surface area contributed by atoms with E-state index in [2.05, 4.69) is 0 Å². The molecule has 1 rings (SSSR count). The van der Waals surface area contributed by atoms with Crippen LogP contribution < -0.4 is 0 Å². The van der Waals surface area contributed by atoms with Crippen LogP contribution in [0.15, 0.2) is 17.0 Å². The van der Waals surface area contributed by atoms with Crippen LogP contribution in [0, 0.1) is 13.8 Å². The zero-order valence-electron chi connectivity index (χ0n) is 6.80. The van der Waals surface area contributed by atoms with Crippen LogP contribution in [0.5, 0.6) is 0 Å². The van der Waals surface area contributed by atoms with Gasteiger partial charge >= 0.3 is 0 Å². The van der Waals surface area contributed by atoms with Gasteiger partial charge in [-0.15, -0.1) is 0 Å². The first-order chi connectivity index (χ1) is 5.52. The third kappa shape index (κ3) is 1.86. The summed E-state index contributed by atoms with van der Waals surface area (Å²) in [7, 11) is 0. The standard InChI is InChI=1S/C8H9ClO2S/c1-5-3-7(9)4-6(2)8(5)12(10)11/h3-4H,1-2H3,(H,10,11). The molecule has 4 heteroatoms. The van der Waals surface area contributed by atoms with Crippen molar-refractivity contribution in [2.45, 2.75) is 18.7 Å². The Morgan fingerprint density at radius 1 is 1.33 bits per heavy atom. The molecule has 0 saturated heterocycles. The summed E-state index contributed by atoms with van der Waals surface area (Å²) in [5, 5.41) is 0.596. The lowest BCUT2D eigenvalue weighted by molar-refractivity contribution is 0.563. The van der Waals surface area contributed by atoms with Crippen molar-refractivity contribution in [1.82, 2.24) is 0 Å². The molecule has 1 aromatic rings. The highest BCUT2D eigenvalue weighted by Crippen LogP contribution is 2.22. The Morgan fingerprint density at radius 3 is 2.08 bits per heavy atom. The lowest BCUT2D eigenvalue weighted by Crippen LogP contribution is -1.95. The van der Waals surface area contributed by atoms with Gasteiger partial charge in [-0.25, -0.2) is 4.21 Å². The summed E-state index contributed by atoms with van der Waals surface area (Å²) in [6.45, 7) is 3.53. The maximum Gasteiger partial charge on any atom is 0.187 e. The second-order valence-corrected chi connectivity index (χ2v) is 3.96. The van der Waals surface area contributed by atoms with Crippen molar-refractivity contribution < 1.29 is 8.76 Å². The Hall–Kier alpha value is -0.380. The number of hydrogen-bond donors (Lipinski definition) is 1. The SMILES string of the molecule is Cc1cc(Cl)cc(C)c1S(=O)O. The van der Waals surface area contributed by atoms with Crippen LogP contribution in [-0.2, 0) is 11.1 Å². The van der Waals surface area contributed by atoms with E-state index in [4.69, 9.17) is 16.2 Å². The molecule has 12 heavy (non-hydrogen) atoms. The molecule has 0 radical (unpaired) electrons. The molecule has 0 bridgehead atoms. The molecule has 0 amide bonds. The third-order valence-corrected chi connectivity index (χ3v) is 2.81. The highest BCUT2D eigenvalue weighted by Gasteiger charge is 2.08. The van der Waals surface area contributed by atoms with Gasteiger partial charge in [0.25, 0.3) is 0 Å². The van der Waals surface area contributed by atoms with Gasteiger partial charge in [-0.2, -0.15) is 0 Å². The number of hydrogen-bond acceptors (Lipinski definition) is 1. The zero-order valence-corrected chi connectivity index (χ0v) is 8.37. The molecular formula is C8H9ClO2S. The van der Waals surface area contributed by atoms with Gasteiger partial charge in [0, 0.05) is 5.02 Å². The van der Waals surface area contributed by atoms with Crippen LogP contribution in [0.25, 0.3) is 0 Å². The molecule has 1 unspecified atom stereocenters. The van der Waals surface area contributed by atoms with Crippen molar-refractivity contribution in [2.24, 2.45) is 0 Å². The highest BCUT2D eigenvalue weighted by molar-refractivity contribution is 7.79. The fourth-order valence-electron chi connectivity index (χ4n) is 1.17. The third-order valence-electron chi connectivity index (χ3n) is 1.60. The van der Waals surface area contributed by atoms with Crippen LogP contribution in [-0.4, -0.2) is 8.76 Å². The Balaban J connectivity index is 3.38. The van der Waals surface area contributed by atoms with Crippen molar-refractivity contribution in [2.75, 3.05) is 0 Å². The monoisotopic (exact) mass is 204 g/mol. The van der Waals surface area contributed by atoms with Crippen molar-refractivity contribution in [3.8, 4) is 0 Å². The molecule has 0 fully saturated rings. The van der Waals surface area contributed by atoms with E-state index >= 15 is 0 Å². The van der Waals surface area contributed by atoms with Gasteiger partial charge in [0.1, 0.15) is 0 Å². The molecule has 0 spiro atoms. The molecule has 1 N–H and O–H groups in total. The number of aryl methyl sites for hydroxylation is 2. The minimum Gasteiger partial charge on any atom is -0.302 e. The van der Waals surface area contributed by atoms with Crippen molar-refractivity contribution in [3.05, 3.63) is 28.3 Å². The number of halogens is 1. The summed E-state index contributed by atoms with van der Waals surface area (Å²) in [6.07, 6.45) is 0. The Labute approximate surface area is 78.8 Å². The predicted octanol–water partition coefficient (Wildman–Crippen LogP) is 2.54. The predicted molar refractivity (Wildman–Crippen MR) is 50.0 cm³/mol. The van der Waals surface area contributed by atoms with Gasteiger partial charge in [0.2, 0.25) is 0 Å². The van der Waals surface area contributed by atoms with Gasteiger partial charge in [0.15, 0.2) is 11.1 Å². The summed E-state index contributed by atoms with van der Waals surface area (Å²) in [6, 6.07) is 3.36. The second-order valence-electron chi connectivity index (χ2n) is 2.62. The minimum atomic E-state index is -1.92. The van der Waals surface area contributed by atoms with Crippen molar-refractivity contribution >= 4 is 22.7 Å². The maximum atomic E-state index is 10.8. The first-order valence-corrected chi connectivity index (χ1v) is 4.88. The average molecular weight is 205 g/mol. The van der Waals surface area contributed by atoms with Gasteiger partial charge in [-0.3, -0.25) is 0 Å². The smallest absolute Gasteiger partial charge is 0.187 e. The molecule has 1 atom stereocenters. The van der Waals surface area contributed by atoms with E-state index < -0.39 is 11.1 Å². The summed E-state index contributed by atoms with van der Waals surface area (Å²) >= 11 is 3.83. The quantitative estimate of drug-likeness (QED) is 0.714. The van der Waals surface area contributed by atoms with Crippen molar-refractivity contribution in [1.29, 1.82) is 0 Å². The minimum absolute atomic E-state index is 0.458. The van der Waals surface area contributed by atoms with E-state index in [9.17, 15) is 4.21 Å². The molecule has 0 saturated carbocycles. The molecular weight excluding hydrogens is 196 g/mol. The number of rotatable bonds is 1. The molecule has 66 valence electrons. The molecule has 0 aromatic heterocycles. The van der Waals surface area contributed by atoms with E-state index in [0.29, 0.717) is 9.92 Å². The summed E-state index contributed by atoms with van der Waals surface area (Å²) in [5.41, 5.74) is 1.50. The lowest BCUT2D eigenvalue weighted by Gasteiger charge is -2.05. The van der Waals surface area contributed by atoms with Crippen molar-refractivity contribution in [3.63, 3.8) is 0 Å². The molecule has 0 aliphatic carbocycles. The topological polar surface area (TPSA) is 37.3 Å². The lowest BCUT2D eigenvalue weighted by atomic mass is 10.2. The van der Waals surface area contributed by atoms with Gasteiger partial charge in [-0.05, 0) is 37.1 Å². The van der Waals surface area contributed by atoms with Crippen LogP contribution in [0.3, 0.4) is 0 Å². The van der Waals surface area contributed by atoms with E-state index in [1.165, 1.54) is 0 Å². The fourth-order valence-corrected chi connectivity index (χ4v) is 2.17. The first-order valence-electron chi connectivity index (χ1n) is 3.40. The van der Waals surface area contributed by atoms with Crippen LogP contribution >= 0.6 is 11.6 Å². The van der Waals surface area contributed by atoms with E-state index in [0.717, 1.165) is 11.1 Å². The fraction of sp³-hybridized carbons (Fsp3) is 0.250.